The van der Waals surface area contributed by atoms with Crippen molar-refractivity contribution in [3.8, 4) is 0 Å². The van der Waals surface area contributed by atoms with E-state index in [4.69, 9.17) is 4.74 Å². The lowest BCUT2D eigenvalue weighted by atomic mass is 10.1. The average molecular weight is 375 g/mol. The summed E-state index contributed by atoms with van der Waals surface area (Å²) >= 11 is 0. The van der Waals surface area contributed by atoms with Crippen LogP contribution in [0.2, 0.25) is 0 Å². The predicted octanol–water partition coefficient (Wildman–Crippen LogP) is 4.48. The number of para-hydroxylation sites is 1. The number of carbonyl (C=O) groups excluding carboxylic acids is 2. The molecule has 0 aliphatic rings. The minimum atomic E-state index is -0.440. The molecular weight excluding hydrogens is 354 g/mol. The summed E-state index contributed by atoms with van der Waals surface area (Å²) in [6.45, 7) is 3.94. The highest BCUT2D eigenvalue weighted by Gasteiger charge is 2.13. The van der Waals surface area contributed by atoms with Gasteiger partial charge in [-0.3, -0.25) is 9.78 Å². The van der Waals surface area contributed by atoms with Crippen LogP contribution in [-0.4, -0.2) is 24.0 Å². The smallest absolute Gasteiger partial charge is 0.339 e. The van der Waals surface area contributed by atoms with E-state index in [0.717, 1.165) is 16.8 Å². The van der Waals surface area contributed by atoms with Crippen LogP contribution in [0.15, 0.2) is 60.8 Å². The first-order valence-corrected chi connectivity index (χ1v) is 8.77. The fourth-order valence-corrected chi connectivity index (χ4v) is 2.81. The van der Waals surface area contributed by atoms with E-state index in [1.54, 1.807) is 36.5 Å². The van der Waals surface area contributed by atoms with Crippen molar-refractivity contribution in [1.29, 1.82) is 0 Å². The zero-order valence-electron chi connectivity index (χ0n) is 15.9. The second-order valence-electron chi connectivity index (χ2n) is 6.36. The van der Waals surface area contributed by atoms with Gasteiger partial charge in [-0.05, 0) is 49.7 Å². The van der Waals surface area contributed by atoms with Crippen molar-refractivity contribution in [3.63, 3.8) is 0 Å². The van der Waals surface area contributed by atoms with Crippen LogP contribution in [0.5, 0.6) is 0 Å². The lowest BCUT2D eigenvalue weighted by Gasteiger charge is -2.12. The van der Waals surface area contributed by atoms with Crippen molar-refractivity contribution in [3.05, 3.63) is 83.2 Å². The van der Waals surface area contributed by atoms with Gasteiger partial charge in [0.05, 0.1) is 18.4 Å². The SMILES string of the molecule is COC(=O)c1ccccc1Nc1ccnc(C(=O)Nc2ccc(C)cc2C)c1. The average Bonchev–Trinajstić information content (AvgIpc) is 2.70. The van der Waals surface area contributed by atoms with Crippen molar-refractivity contribution in [2.45, 2.75) is 13.8 Å². The molecule has 2 aromatic carbocycles. The molecule has 28 heavy (non-hydrogen) atoms. The van der Waals surface area contributed by atoms with Crippen molar-refractivity contribution in [2.24, 2.45) is 0 Å². The van der Waals surface area contributed by atoms with E-state index in [9.17, 15) is 9.59 Å². The number of amides is 1. The van der Waals surface area contributed by atoms with E-state index < -0.39 is 5.97 Å². The van der Waals surface area contributed by atoms with E-state index in [-0.39, 0.29) is 11.6 Å². The zero-order valence-corrected chi connectivity index (χ0v) is 15.9. The number of ether oxygens (including phenoxy) is 1. The van der Waals surface area contributed by atoms with Crippen molar-refractivity contribution in [1.82, 2.24) is 4.98 Å². The summed E-state index contributed by atoms with van der Waals surface area (Å²) in [5, 5.41) is 6.03. The molecule has 6 nitrogen and oxygen atoms in total. The summed E-state index contributed by atoms with van der Waals surface area (Å²) < 4.78 is 4.81. The molecule has 0 atom stereocenters. The third kappa shape index (κ3) is 4.35. The standard InChI is InChI=1S/C22H21N3O3/c1-14-8-9-18(15(2)12-14)25-21(26)20-13-16(10-11-23-20)24-19-7-5-4-6-17(19)22(27)28-3/h4-13H,1-3H3,(H,23,24)(H,25,26). The van der Waals surface area contributed by atoms with Gasteiger partial charge in [0.2, 0.25) is 0 Å². The van der Waals surface area contributed by atoms with Crippen LogP contribution < -0.4 is 10.6 Å². The minimum Gasteiger partial charge on any atom is -0.465 e. The molecule has 0 spiro atoms. The number of nitrogens with one attached hydrogen (secondary N) is 2. The van der Waals surface area contributed by atoms with Gasteiger partial charge < -0.3 is 15.4 Å². The van der Waals surface area contributed by atoms with Gasteiger partial charge in [0.15, 0.2) is 0 Å². The van der Waals surface area contributed by atoms with Crippen LogP contribution in [0.4, 0.5) is 17.1 Å². The Kier molecular flexibility index (Phi) is 5.69. The van der Waals surface area contributed by atoms with Crippen LogP contribution in [-0.2, 0) is 4.74 Å². The molecule has 1 heterocycles. The van der Waals surface area contributed by atoms with Crippen molar-refractivity contribution >= 4 is 28.9 Å². The molecule has 0 radical (unpaired) electrons. The molecule has 3 aromatic rings. The summed E-state index contributed by atoms with van der Waals surface area (Å²) in [5.41, 5.74) is 4.74. The third-order valence-corrected chi connectivity index (χ3v) is 4.23. The molecule has 0 unspecified atom stereocenters. The number of aryl methyl sites for hydroxylation is 2. The Bertz CT molecular complexity index is 1030. The summed E-state index contributed by atoms with van der Waals surface area (Å²) in [6.07, 6.45) is 1.54. The highest BCUT2D eigenvalue weighted by Crippen LogP contribution is 2.22. The fraction of sp³-hybridized carbons (Fsp3) is 0.136. The van der Waals surface area contributed by atoms with Gasteiger partial charge in [-0.15, -0.1) is 0 Å². The Balaban J connectivity index is 1.81. The zero-order chi connectivity index (χ0) is 20.1. The maximum atomic E-state index is 12.6. The van der Waals surface area contributed by atoms with Crippen molar-refractivity contribution in [2.75, 3.05) is 17.7 Å². The molecule has 3 rings (SSSR count). The molecule has 1 amide bonds. The molecule has 1 aromatic heterocycles. The molecular formula is C22H21N3O3. The first kappa shape index (κ1) is 19.1. The number of methoxy groups -OCH3 is 1. The third-order valence-electron chi connectivity index (χ3n) is 4.23. The normalized spacial score (nSPS) is 10.2. The number of benzene rings is 2. The topological polar surface area (TPSA) is 80.3 Å². The van der Waals surface area contributed by atoms with Gasteiger partial charge in [-0.1, -0.05) is 29.8 Å². The van der Waals surface area contributed by atoms with Crippen LogP contribution in [0.25, 0.3) is 0 Å². The molecule has 0 aliphatic carbocycles. The molecule has 0 fully saturated rings. The number of rotatable bonds is 5. The molecule has 0 aliphatic heterocycles. The van der Waals surface area contributed by atoms with Gasteiger partial charge >= 0.3 is 5.97 Å². The number of esters is 1. The second-order valence-corrected chi connectivity index (χ2v) is 6.36. The van der Waals surface area contributed by atoms with Crippen molar-refractivity contribution < 1.29 is 14.3 Å². The van der Waals surface area contributed by atoms with Gasteiger partial charge in [0, 0.05) is 17.6 Å². The van der Waals surface area contributed by atoms with Crippen LogP contribution >= 0.6 is 0 Å². The van der Waals surface area contributed by atoms with Crippen LogP contribution in [0, 0.1) is 13.8 Å². The Hall–Kier alpha value is -3.67. The van der Waals surface area contributed by atoms with E-state index in [1.807, 2.05) is 38.1 Å². The molecule has 0 bridgehead atoms. The number of hydrogen-bond acceptors (Lipinski definition) is 5. The highest BCUT2D eigenvalue weighted by molar-refractivity contribution is 6.04. The lowest BCUT2D eigenvalue weighted by Crippen LogP contribution is -2.14. The summed E-state index contributed by atoms with van der Waals surface area (Å²) in [7, 11) is 1.33. The second kappa shape index (κ2) is 8.35. The maximum Gasteiger partial charge on any atom is 0.339 e. The molecule has 6 heteroatoms. The first-order valence-electron chi connectivity index (χ1n) is 8.77. The summed E-state index contributed by atoms with van der Waals surface area (Å²) in [5.74, 6) is -0.748. The minimum absolute atomic E-state index is 0.264. The summed E-state index contributed by atoms with van der Waals surface area (Å²) in [6, 6.07) is 16.2. The van der Waals surface area contributed by atoms with Gasteiger partial charge in [0.1, 0.15) is 5.69 Å². The van der Waals surface area contributed by atoms with E-state index in [2.05, 4.69) is 15.6 Å². The van der Waals surface area contributed by atoms with E-state index >= 15 is 0 Å². The fourth-order valence-electron chi connectivity index (χ4n) is 2.81. The van der Waals surface area contributed by atoms with Crippen LogP contribution in [0.3, 0.4) is 0 Å². The lowest BCUT2D eigenvalue weighted by molar-refractivity contribution is 0.0601. The van der Waals surface area contributed by atoms with Gasteiger partial charge in [0.25, 0.3) is 5.91 Å². The molecule has 0 saturated carbocycles. The Morgan fingerprint density at radius 1 is 0.964 bits per heavy atom. The Morgan fingerprint density at radius 2 is 1.75 bits per heavy atom. The quantitative estimate of drug-likeness (QED) is 0.643. The number of anilines is 3. The number of carbonyl (C=O) groups is 2. The first-order chi connectivity index (χ1) is 13.5. The largest absolute Gasteiger partial charge is 0.465 e. The number of aromatic nitrogens is 1. The number of pyridine rings is 1. The Labute approximate surface area is 163 Å². The monoisotopic (exact) mass is 375 g/mol. The number of hydrogen-bond donors (Lipinski definition) is 2. The molecule has 142 valence electrons. The van der Waals surface area contributed by atoms with E-state index in [1.165, 1.54) is 7.11 Å². The maximum absolute atomic E-state index is 12.6. The van der Waals surface area contributed by atoms with E-state index in [0.29, 0.717) is 16.9 Å². The van der Waals surface area contributed by atoms with Gasteiger partial charge in [-0.2, -0.15) is 0 Å². The van der Waals surface area contributed by atoms with Crippen LogP contribution in [0.1, 0.15) is 32.0 Å². The summed E-state index contributed by atoms with van der Waals surface area (Å²) in [4.78, 5) is 28.7. The predicted molar refractivity (Wildman–Crippen MR) is 109 cm³/mol. The number of nitrogens with zero attached hydrogens (tertiary/aromatic N) is 1. The Morgan fingerprint density at radius 3 is 2.50 bits per heavy atom. The molecule has 0 saturated heterocycles. The van der Waals surface area contributed by atoms with Gasteiger partial charge in [-0.25, -0.2) is 4.79 Å². The molecule has 2 N–H and O–H groups in total. The highest BCUT2D eigenvalue weighted by atomic mass is 16.5.